The van der Waals surface area contributed by atoms with Crippen molar-refractivity contribution < 1.29 is 4.79 Å². The van der Waals surface area contributed by atoms with E-state index in [1.165, 1.54) is 30.6 Å². The van der Waals surface area contributed by atoms with Crippen molar-refractivity contribution >= 4 is 17.2 Å². The SMILES string of the molecule is CC(C)CN1CC2(CCC(c3cccs3)(N(C)C)CC2)CC1=O. The summed E-state index contributed by atoms with van der Waals surface area (Å²) >= 11 is 1.88. The summed E-state index contributed by atoms with van der Waals surface area (Å²) in [6, 6.07) is 4.45. The highest BCUT2D eigenvalue weighted by Gasteiger charge is 2.50. The molecule has 1 aliphatic heterocycles. The van der Waals surface area contributed by atoms with Crippen LogP contribution in [0.4, 0.5) is 0 Å². The third-order valence-corrected chi connectivity index (χ3v) is 7.03. The third-order valence-electron chi connectivity index (χ3n) is 5.96. The molecule has 3 rings (SSSR count). The van der Waals surface area contributed by atoms with Gasteiger partial charge in [-0.3, -0.25) is 9.69 Å². The first-order chi connectivity index (χ1) is 10.9. The highest BCUT2D eigenvalue weighted by Crippen LogP contribution is 2.52. The second kappa shape index (κ2) is 6.21. The molecule has 4 heteroatoms. The lowest BCUT2D eigenvalue weighted by atomic mass is 9.66. The van der Waals surface area contributed by atoms with Crippen molar-refractivity contribution in [1.82, 2.24) is 9.80 Å². The van der Waals surface area contributed by atoms with Crippen LogP contribution in [0.25, 0.3) is 0 Å². The molecule has 1 spiro atoms. The first kappa shape index (κ1) is 17.0. The minimum absolute atomic E-state index is 0.175. The van der Waals surface area contributed by atoms with Gasteiger partial charge in [-0.1, -0.05) is 19.9 Å². The summed E-state index contributed by atoms with van der Waals surface area (Å²) in [6.45, 7) is 6.31. The van der Waals surface area contributed by atoms with Gasteiger partial charge in [0, 0.05) is 24.4 Å². The summed E-state index contributed by atoms with van der Waals surface area (Å²) in [7, 11) is 4.42. The predicted molar refractivity (Wildman–Crippen MR) is 96.6 cm³/mol. The Labute approximate surface area is 144 Å². The lowest BCUT2D eigenvalue weighted by Crippen LogP contribution is -2.47. The molecule has 0 radical (unpaired) electrons. The molecule has 1 aromatic rings. The second-order valence-electron chi connectivity index (χ2n) is 8.25. The molecule has 1 amide bonds. The fourth-order valence-electron chi connectivity index (χ4n) is 4.57. The Morgan fingerprint density at radius 3 is 2.48 bits per heavy atom. The number of carbonyl (C=O) groups excluding carboxylic acids is 1. The highest BCUT2D eigenvalue weighted by molar-refractivity contribution is 7.10. The second-order valence-corrected chi connectivity index (χ2v) is 9.20. The monoisotopic (exact) mass is 334 g/mol. The number of rotatable bonds is 4. The van der Waals surface area contributed by atoms with Gasteiger partial charge in [-0.05, 0) is 62.6 Å². The van der Waals surface area contributed by atoms with E-state index in [-0.39, 0.29) is 11.0 Å². The molecule has 0 unspecified atom stereocenters. The molecule has 2 heterocycles. The molecule has 3 nitrogen and oxygen atoms in total. The van der Waals surface area contributed by atoms with Crippen LogP contribution in [0.2, 0.25) is 0 Å². The molecular weight excluding hydrogens is 304 g/mol. The number of hydrogen-bond acceptors (Lipinski definition) is 3. The largest absolute Gasteiger partial charge is 0.342 e. The zero-order valence-corrected chi connectivity index (χ0v) is 15.8. The summed E-state index contributed by atoms with van der Waals surface area (Å²) < 4.78 is 0. The van der Waals surface area contributed by atoms with Crippen LogP contribution in [0.5, 0.6) is 0 Å². The summed E-state index contributed by atoms with van der Waals surface area (Å²) in [5.41, 5.74) is 0.413. The highest BCUT2D eigenvalue weighted by atomic mass is 32.1. The first-order valence-electron chi connectivity index (χ1n) is 8.86. The Hall–Kier alpha value is -0.870. The van der Waals surface area contributed by atoms with Crippen LogP contribution < -0.4 is 0 Å². The maximum atomic E-state index is 12.4. The summed E-state index contributed by atoms with van der Waals surface area (Å²) in [6.07, 6.45) is 5.45. The van der Waals surface area contributed by atoms with E-state index >= 15 is 0 Å². The zero-order valence-electron chi connectivity index (χ0n) is 15.0. The summed E-state index contributed by atoms with van der Waals surface area (Å²) in [5.74, 6) is 0.942. The minimum atomic E-state index is 0.175. The van der Waals surface area contributed by atoms with Gasteiger partial charge in [0.25, 0.3) is 0 Å². The minimum Gasteiger partial charge on any atom is -0.342 e. The molecule has 2 aliphatic rings. The molecule has 23 heavy (non-hydrogen) atoms. The summed E-state index contributed by atoms with van der Waals surface area (Å²) in [4.78, 5) is 18.4. The molecule has 2 fully saturated rings. The van der Waals surface area contributed by atoms with E-state index in [9.17, 15) is 4.79 Å². The fourth-order valence-corrected chi connectivity index (χ4v) is 5.64. The van der Waals surface area contributed by atoms with Gasteiger partial charge in [0.2, 0.25) is 5.91 Å². The zero-order chi connectivity index (χ0) is 16.7. The van der Waals surface area contributed by atoms with E-state index in [1.807, 2.05) is 11.3 Å². The Balaban J connectivity index is 1.74. The van der Waals surface area contributed by atoms with Crippen LogP contribution in [0.15, 0.2) is 17.5 Å². The van der Waals surface area contributed by atoms with Gasteiger partial charge in [0.05, 0.1) is 5.54 Å². The van der Waals surface area contributed by atoms with Crippen LogP contribution in [0.1, 0.15) is 50.8 Å². The lowest BCUT2D eigenvalue weighted by molar-refractivity contribution is -0.128. The first-order valence-corrected chi connectivity index (χ1v) is 9.74. The molecule has 1 saturated heterocycles. The van der Waals surface area contributed by atoms with Crippen LogP contribution in [-0.2, 0) is 10.3 Å². The van der Waals surface area contributed by atoms with Gasteiger partial charge < -0.3 is 4.90 Å². The van der Waals surface area contributed by atoms with Crippen molar-refractivity contribution in [3.05, 3.63) is 22.4 Å². The Bertz CT molecular complexity index is 542. The molecular formula is C19H30N2OS. The van der Waals surface area contributed by atoms with Crippen LogP contribution in [0, 0.1) is 11.3 Å². The number of amides is 1. The Kier molecular flexibility index (Phi) is 4.58. The lowest BCUT2D eigenvalue weighted by Gasteiger charge is -2.48. The number of likely N-dealkylation sites (tertiary alicyclic amines) is 1. The van der Waals surface area contributed by atoms with Gasteiger partial charge >= 0.3 is 0 Å². The Morgan fingerprint density at radius 2 is 1.96 bits per heavy atom. The van der Waals surface area contributed by atoms with E-state index in [1.54, 1.807) is 0 Å². The van der Waals surface area contributed by atoms with Gasteiger partial charge in [0.1, 0.15) is 0 Å². The van der Waals surface area contributed by atoms with Crippen molar-refractivity contribution in [2.75, 3.05) is 27.2 Å². The fraction of sp³-hybridized carbons (Fsp3) is 0.737. The average molecular weight is 335 g/mol. The van der Waals surface area contributed by atoms with Gasteiger partial charge in [0.15, 0.2) is 0 Å². The normalized spacial score (nSPS) is 31.7. The van der Waals surface area contributed by atoms with Crippen LogP contribution in [0.3, 0.4) is 0 Å². The van der Waals surface area contributed by atoms with E-state index in [2.05, 4.69) is 55.3 Å². The standard InChI is InChI=1S/C19H30N2OS/c1-15(2)13-21-14-18(12-17(21)22)7-9-19(10-8-18,20(3)4)16-6-5-11-23-16/h5-6,11,15H,7-10,12-14H2,1-4H3. The van der Waals surface area contributed by atoms with Crippen molar-refractivity contribution in [2.24, 2.45) is 11.3 Å². The molecule has 1 aliphatic carbocycles. The van der Waals surface area contributed by atoms with E-state index in [4.69, 9.17) is 0 Å². The maximum absolute atomic E-state index is 12.4. The van der Waals surface area contributed by atoms with E-state index < -0.39 is 0 Å². The number of carbonyl (C=O) groups is 1. The molecule has 0 bridgehead atoms. The molecule has 0 aromatic carbocycles. The summed E-state index contributed by atoms with van der Waals surface area (Å²) in [5, 5.41) is 2.19. The number of hydrogen-bond donors (Lipinski definition) is 0. The van der Waals surface area contributed by atoms with Crippen molar-refractivity contribution in [3.63, 3.8) is 0 Å². The quantitative estimate of drug-likeness (QED) is 0.832. The maximum Gasteiger partial charge on any atom is 0.223 e. The van der Waals surface area contributed by atoms with Crippen LogP contribution >= 0.6 is 11.3 Å². The molecule has 1 aromatic heterocycles. The molecule has 1 saturated carbocycles. The smallest absolute Gasteiger partial charge is 0.223 e. The Morgan fingerprint density at radius 1 is 1.26 bits per heavy atom. The molecule has 0 atom stereocenters. The van der Waals surface area contributed by atoms with Gasteiger partial charge in [-0.2, -0.15) is 0 Å². The average Bonchev–Trinajstić information content (AvgIpc) is 3.09. The van der Waals surface area contributed by atoms with Crippen LogP contribution in [-0.4, -0.2) is 42.9 Å². The molecule has 0 N–H and O–H groups in total. The molecule has 128 valence electrons. The van der Waals surface area contributed by atoms with Crippen molar-refractivity contribution in [1.29, 1.82) is 0 Å². The van der Waals surface area contributed by atoms with Gasteiger partial charge in [-0.15, -0.1) is 11.3 Å². The van der Waals surface area contributed by atoms with Crippen molar-refractivity contribution in [3.8, 4) is 0 Å². The number of thiophene rings is 1. The van der Waals surface area contributed by atoms with E-state index in [0.717, 1.165) is 19.5 Å². The van der Waals surface area contributed by atoms with E-state index in [0.29, 0.717) is 11.8 Å². The van der Waals surface area contributed by atoms with Crippen molar-refractivity contribution in [2.45, 2.75) is 51.5 Å². The third kappa shape index (κ3) is 3.08. The van der Waals surface area contributed by atoms with Gasteiger partial charge in [-0.25, -0.2) is 0 Å². The predicted octanol–water partition coefficient (Wildman–Crippen LogP) is 3.95. The number of nitrogens with zero attached hydrogens (tertiary/aromatic N) is 2. The topological polar surface area (TPSA) is 23.6 Å².